The quantitative estimate of drug-likeness (QED) is 0.845. The molecule has 0 aromatic rings. The van der Waals surface area contributed by atoms with E-state index < -0.39 is 0 Å². The van der Waals surface area contributed by atoms with Crippen molar-refractivity contribution < 1.29 is 0 Å². The summed E-state index contributed by atoms with van der Waals surface area (Å²) in [5, 5.41) is 3.77. The lowest BCUT2D eigenvalue weighted by Crippen LogP contribution is -2.45. The molecule has 2 aliphatic heterocycles. The fourth-order valence-corrected chi connectivity index (χ4v) is 3.51. The third-order valence-electron chi connectivity index (χ3n) is 5.04. The number of likely N-dealkylation sites (tertiary alicyclic amines) is 1. The molecule has 0 saturated carbocycles. The molecule has 2 rings (SSSR count). The van der Waals surface area contributed by atoms with Gasteiger partial charge in [0.2, 0.25) is 0 Å². The van der Waals surface area contributed by atoms with Crippen LogP contribution in [-0.4, -0.2) is 61.7 Å². The largest absolute Gasteiger partial charge is 0.311 e. The molecule has 3 heteroatoms. The molecule has 0 aromatic heterocycles. The highest BCUT2D eigenvalue weighted by Crippen LogP contribution is 2.19. The Hall–Kier alpha value is -0.120. The first-order chi connectivity index (χ1) is 9.17. The molecule has 0 bridgehead atoms. The number of piperidine rings is 1. The van der Waals surface area contributed by atoms with Crippen LogP contribution in [-0.2, 0) is 0 Å². The van der Waals surface area contributed by atoms with Crippen molar-refractivity contribution in [2.75, 3.05) is 39.8 Å². The molecule has 2 atom stereocenters. The van der Waals surface area contributed by atoms with E-state index in [-0.39, 0.29) is 0 Å². The molecular formula is C16H33N3. The number of hydrogen-bond acceptors (Lipinski definition) is 3. The predicted molar refractivity (Wildman–Crippen MR) is 82.6 cm³/mol. The average molecular weight is 267 g/mol. The van der Waals surface area contributed by atoms with Gasteiger partial charge in [-0.05, 0) is 78.2 Å². The van der Waals surface area contributed by atoms with Gasteiger partial charge in [0.25, 0.3) is 0 Å². The van der Waals surface area contributed by atoms with E-state index >= 15 is 0 Å². The van der Waals surface area contributed by atoms with E-state index in [9.17, 15) is 0 Å². The van der Waals surface area contributed by atoms with Gasteiger partial charge in [-0.3, -0.25) is 0 Å². The predicted octanol–water partition coefficient (Wildman–Crippen LogP) is 2.18. The lowest BCUT2D eigenvalue weighted by Gasteiger charge is -2.36. The van der Waals surface area contributed by atoms with E-state index in [1.165, 1.54) is 64.8 Å². The molecule has 3 nitrogen and oxygen atoms in total. The van der Waals surface area contributed by atoms with Crippen molar-refractivity contribution in [3.8, 4) is 0 Å². The van der Waals surface area contributed by atoms with Crippen LogP contribution in [0.15, 0.2) is 0 Å². The van der Waals surface area contributed by atoms with Crippen molar-refractivity contribution in [1.82, 2.24) is 15.1 Å². The van der Waals surface area contributed by atoms with Gasteiger partial charge >= 0.3 is 0 Å². The summed E-state index contributed by atoms with van der Waals surface area (Å²) in [6, 6.07) is 1.42. The topological polar surface area (TPSA) is 18.5 Å². The van der Waals surface area contributed by atoms with Crippen LogP contribution in [0.2, 0.25) is 0 Å². The summed E-state index contributed by atoms with van der Waals surface area (Å²) in [6.07, 6.45) is 6.71. The third-order valence-corrected chi connectivity index (χ3v) is 5.04. The fraction of sp³-hybridized carbons (Fsp3) is 1.00. The van der Waals surface area contributed by atoms with Gasteiger partial charge in [-0.2, -0.15) is 0 Å². The van der Waals surface area contributed by atoms with E-state index in [0.717, 1.165) is 12.0 Å². The number of hydrogen-bond donors (Lipinski definition) is 1. The molecule has 2 aliphatic rings. The molecule has 2 unspecified atom stereocenters. The summed E-state index contributed by atoms with van der Waals surface area (Å²) in [5.41, 5.74) is 0. The van der Waals surface area contributed by atoms with Gasteiger partial charge in [0.1, 0.15) is 0 Å². The van der Waals surface area contributed by atoms with Gasteiger partial charge < -0.3 is 15.1 Å². The Balaban J connectivity index is 1.78. The highest BCUT2D eigenvalue weighted by atomic mass is 15.1. The second-order valence-electron chi connectivity index (χ2n) is 6.80. The summed E-state index contributed by atoms with van der Waals surface area (Å²) >= 11 is 0. The van der Waals surface area contributed by atoms with Gasteiger partial charge in [-0.15, -0.1) is 0 Å². The number of nitrogens with zero attached hydrogens (tertiary/aromatic N) is 2. The molecule has 0 radical (unpaired) electrons. The smallest absolute Gasteiger partial charge is 0.00790 e. The van der Waals surface area contributed by atoms with Gasteiger partial charge in [0.05, 0.1) is 0 Å². The van der Waals surface area contributed by atoms with Crippen LogP contribution in [0.3, 0.4) is 0 Å². The summed E-state index contributed by atoms with van der Waals surface area (Å²) in [6.45, 7) is 11.2. The molecule has 2 saturated heterocycles. The maximum Gasteiger partial charge on any atom is 0.00790 e. The van der Waals surface area contributed by atoms with Crippen molar-refractivity contribution in [3.63, 3.8) is 0 Å². The van der Waals surface area contributed by atoms with Crippen LogP contribution in [0.1, 0.15) is 46.0 Å². The third kappa shape index (κ3) is 5.05. The van der Waals surface area contributed by atoms with Gasteiger partial charge in [-0.25, -0.2) is 0 Å². The zero-order chi connectivity index (χ0) is 13.7. The summed E-state index contributed by atoms with van der Waals surface area (Å²) in [7, 11) is 2.26. The molecule has 0 aliphatic carbocycles. The lowest BCUT2D eigenvalue weighted by atomic mass is 9.95. The Morgan fingerprint density at radius 3 is 2.37 bits per heavy atom. The first kappa shape index (κ1) is 15.3. The van der Waals surface area contributed by atoms with E-state index in [1.807, 2.05) is 0 Å². The molecule has 112 valence electrons. The van der Waals surface area contributed by atoms with Crippen molar-refractivity contribution in [3.05, 3.63) is 0 Å². The second-order valence-corrected chi connectivity index (χ2v) is 6.80. The van der Waals surface area contributed by atoms with Crippen LogP contribution >= 0.6 is 0 Å². The molecule has 2 fully saturated rings. The van der Waals surface area contributed by atoms with Crippen molar-refractivity contribution in [2.45, 2.75) is 58.0 Å². The molecule has 0 spiro atoms. The molecule has 1 N–H and O–H groups in total. The van der Waals surface area contributed by atoms with Crippen molar-refractivity contribution in [1.29, 1.82) is 0 Å². The normalized spacial score (nSPS) is 33.0. The Kier molecular flexibility index (Phi) is 6.11. The Bertz CT molecular complexity index is 248. The summed E-state index contributed by atoms with van der Waals surface area (Å²) in [4.78, 5) is 5.22. The summed E-state index contributed by atoms with van der Waals surface area (Å²) in [5.74, 6) is 0.943. The van der Waals surface area contributed by atoms with Crippen LogP contribution < -0.4 is 5.32 Å². The Labute approximate surface area is 119 Å². The molecule has 0 aromatic carbocycles. The van der Waals surface area contributed by atoms with Gasteiger partial charge in [0.15, 0.2) is 0 Å². The molecule has 2 heterocycles. The fourth-order valence-electron chi connectivity index (χ4n) is 3.51. The maximum atomic E-state index is 3.77. The Morgan fingerprint density at radius 2 is 1.68 bits per heavy atom. The SMILES string of the molecule is CCC1CCN(CC2CCN(C)CC2)CCC(C)N1. The van der Waals surface area contributed by atoms with Crippen LogP contribution in [0, 0.1) is 5.92 Å². The zero-order valence-electron chi connectivity index (χ0n) is 13.2. The maximum absolute atomic E-state index is 3.77. The highest BCUT2D eigenvalue weighted by Gasteiger charge is 2.22. The van der Waals surface area contributed by atoms with E-state index in [0.29, 0.717) is 6.04 Å². The minimum atomic E-state index is 0.685. The zero-order valence-corrected chi connectivity index (χ0v) is 13.2. The summed E-state index contributed by atoms with van der Waals surface area (Å²) < 4.78 is 0. The first-order valence-electron chi connectivity index (χ1n) is 8.34. The van der Waals surface area contributed by atoms with Crippen molar-refractivity contribution in [2.24, 2.45) is 5.92 Å². The minimum absolute atomic E-state index is 0.685. The molecule has 0 amide bonds. The minimum Gasteiger partial charge on any atom is -0.311 e. The van der Waals surface area contributed by atoms with E-state index in [1.54, 1.807) is 0 Å². The monoisotopic (exact) mass is 267 g/mol. The Morgan fingerprint density at radius 1 is 1.00 bits per heavy atom. The molecule has 19 heavy (non-hydrogen) atoms. The van der Waals surface area contributed by atoms with Crippen LogP contribution in [0.25, 0.3) is 0 Å². The molecular weight excluding hydrogens is 234 g/mol. The number of nitrogens with one attached hydrogen (secondary N) is 1. The second kappa shape index (κ2) is 7.61. The van der Waals surface area contributed by atoms with Crippen LogP contribution in [0.5, 0.6) is 0 Å². The first-order valence-corrected chi connectivity index (χ1v) is 8.34. The lowest BCUT2D eigenvalue weighted by molar-refractivity contribution is 0.143. The van der Waals surface area contributed by atoms with Gasteiger partial charge in [0, 0.05) is 18.6 Å². The average Bonchev–Trinajstić information content (AvgIpc) is 2.40. The highest BCUT2D eigenvalue weighted by molar-refractivity contribution is 4.79. The number of rotatable bonds is 3. The standard InChI is InChI=1S/C16H33N3/c1-4-16-8-12-19(11-5-14(2)17-16)13-15-6-9-18(3)10-7-15/h14-17H,4-13H2,1-3H3. The van der Waals surface area contributed by atoms with Crippen LogP contribution in [0.4, 0.5) is 0 Å². The van der Waals surface area contributed by atoms with E-state index in [2.05, 4.69) is 36.0 Å². The van der Waals surface area contributed by atoms with Gasteiger partial charge in [-0.1, -0.05) is 6.92 Å². The van der Waals surface area contributed by atoms with E-state index in [4.69, 9.17) is 0 Å². The van der Waals surface area contributed by atoms with Crippen molar-refractivity contribution >= 4 is 0 Å².